The Morgan fingerprint density at radius 1 is 0.960 bits per heavy atom. The predicted molar refractivity (Wildman–Crippen MR) is 106 cm³/mol. The van der Waals surface area contributed by atoms with Gasteiger partial charge in [-0.15, -0.1) is 0 Å². The summed E-state index contributed by atoms with van der Waals surface area (Å²) in [6.07, 6.45) is 5.44. The molecular weight excluding hydrogens is 304 g/mol. The molecule has 0 N–H and O–H groups in total. The minimum absolute atomic E-state index is 0.328. The summed E-state index contributed by atoms with van der Waals surface area (Å²) in [4.78, 5) is 11.8. The first-order chi connectivity index (χ1) is 12.2. The van der Waals surface area contributed by atoms with Crippen molar-refractivity contribution in [1.29, 1.82) is 0 Å². The molecule has 0 amide bonds. The van der Waals surface area contributed by atoms with Crippen LogP contribution in [0.25, 0.3) is 22.4 Å². The van der Waals surface area contributed by atoms with Crippen LogP contribution < -0.4 is 0 Å². The Morgan fingerprint density at radius 2 is 1.68 bits per heavy atom. The normalized spacial score (nSPS) is 12.9. The van der Waals surface area contributed by atoms with Gasteiger partial charge in [0.25, 0.3) is 0 Å². The Balaban J connectivity index is 1.56. The van der Waals surface area contributed by atoms with E-state index < -0.39 is 0 Å². The Bertz CT molecular complexity index is 961. The third-order valence-electron chi connectivity index (χ3n) is 4.97. The highest BCUT2D eigenvalue weighted by Crippen LogP contribution is 2.34. The summed E-state index contributed by atoms with van der Waals surface area (Å²) in [5.74, 6) is 0.328. The largest absolute Gasteiger partial charge is 0.299 e. The third-order valence-corrected chi connectivity index (χ3v) is 4.97. The topological polar surface area (TPSA) is 17.1 Å². The molecule has 0 heterocycles. The Kier molecular flexibility index (Phi) is 4.23. The van der Waals surface area contributed by atoms with Gasteiger partial charge in [0.05, 0.1) is 0 Å². The first-order valence-corrected chi connectivity index (χ1v) is 9.06. The van der Waals surface area contributed by atoms with E-state index in [1.54, 1.807) is 0 Å². The van der Waals surface area contributed by atoms with Gasteiger partial charge >= 0.3 is 0 Å². The van der Waals surface area contributed by atoms with Crippen molar-refractivity contribution in [3.8, 4) is 0 Å². The molecule has 3 aromatic carbocycles. The molecule has 4 rings (SSSR count). The standard InChI is InChI=1S/C24H22O/c1-2-5-24(25)12-17-8-10-18(11-9-17)21-15-22-13-19-6-3-4-7-20(19)14-23(22)16-21/h3-4,6-11,13-15H,2,5,12,16H2,1H3. The quantitative estimate of drug-likeness (QED) is 0.575. The molecule has 1 heteroatoms. The molecule has 1 nitrogen and oxygen atoms in total. The Hall–Kier alpha value is -2.67. The number of benzene rings is 3. The molecular formula is C24H22O. The number of Topliss-reactive ketones (excluding diaryl/α,β-unsaturated/α-hetero) is 1. The van der Waals surface area contributed by atoms with E-state index in [0.29, 0.717) is 18.6 Å². The molecule has 3 aromatic rings. The average Bonchev–Trinajstić information content (AvgIpc) is 3.03. The summed E-state index contributed by atoms with van der Waals surface area (Å²) >= 11 is 0. The maximum absolute atomic E-state index is 11.8. The molecule has 1 aliphatic carbocycles. The molecule has 0 fully saturated rings. The van der Waals surface area contributed by atoms with E-state index in [-0.39, 0.29) is 0 Å². The molecule has 0 radical (unpaired) electrons. The van der Waals surface area contributed by atoms with E-state index in [1.165, 1.54) is 33.0 Å². The number of allylic oxidation sites excluding steroid dienone is 1. The molecule has 0 aliphatic heterocycles. The lowest BCUT2D eigenvalue weighted by atomic mass is 9.99. The van der Waals surface area contributed by atoms with E-state index >= 15 is 0 Å². The molecule has 25 heavy (non-hydrogen) atoms. The average molecular weight is 326 g/mol. The number of carbonyl (C=O) groups is 1. The predicted octanol–water partition coefficient (Wildman–Crippen LogP) is 5.85. The van der Waals surface area contributed by atoms with Gasteiger partial charge in [0.1, 0.15) is 5.78 Å². The Labute approximate surface area is 149 Å². The van der Waals surface area contributed by atoms with Crippen LogP contribution >= 0.6 is 0 Å². The smallest absolute Gasteiger partial charge is 0.137 e. The summed E-state index contributed by atoms with van der Waals surface area (Å²) in [6, 6.07) is 21.6. The van der Waals surface area contributed by atoms with Gasteiger partial charge in [-0.3, -0.25) is 4.79 Å². The van der Waals surface area contributed by atoms with E-state index in [4.69, 9.17) is 0 Å². The van der Waals surface area contributed by atoms with Crippen LogP contribution in [-0.4, -0.2) is 5.78 Å². The number of hydrogen-bond donors (Lipinski definition) is 0. The molecule has 1 aliphatic rings. The summed E-state index contributed by atoms with van der Waals surface area (Å²) in [5, 5.41) is 2.60. The fourth-order valence-electron chi connectivity index (χ4n) is 3.65. The minimum atomic E-state index is 0.328. The fraction of sp³-hybridized carbons (Fsp3) is 0.208. The number of rotatable bonds is 5. The first kappa shape index (κ1) is 15.8. The highest BCUT2D eigenvalue weighted by atomic mass is 16.1. The van der Waals surface area contributed by atoms with Crippen molar-refractivity contribution in [2.45, 2.75) is 32.6 Å². The lowest BCUT2D eigenvalue weighted by molar-refractivity contribution is -0.118. The monoisotopic (exact) mass is 326 g/mol. The van der Waals surface area contributed by atoms with Gasteiger partial charge in [-0.25, -0.2) is 0 Å². The number of hydrogen-bond acceptors (Lipinski definition) is 1. The molecule has 0 spiro atoms. The van der Waals surface area contributed by atoms with Crippen LogP contribution in [0.5, 0.6) is 0 Å². The number of fused-ring (bicyclic) bond motifs is 2. The zero-order chi connectivity index (χ0) is 17.2. The third kappa shape index (κ3) is 3.28. The highest BCUT2D eigenvalue weighted by molar-refractivity contribution is 5.94. The molecule has 0 saturated heterocycles. The van der Waals surface area contributed by atoms with Gasteiger partial charge in [0.15, 0.2) is 0 Å². The van der Waals surface area contributed by atoms with Crippen LogP contribution in [0.15, 0.2) is 60.7 Å². The van der Waals surface area contributed by atoms with Crippen molar-refractivity contribution in [3.63, 3.8) is 0 Å². The van der Waals surface area contributed by atoms with E-state index in [0.717, 1.165) is 18.4 Å². The molecule has 0 aromatic heterocycles. The van der Waals surface area contributed by atoms with Crippen LogP contribution in [0.1, 0.15) is 42.0 Å². The van der Waals surface area contributed by atoms with E-state index in [1.807, 2.05) is 0 Å². The van der Waals surface area contributed by atoms with Gasteiger partial charge in [-0.05, 0) is 57.5 Å². The summed E-state index contributed by atoms with van der Waals surface area (Å²) in [7, 11) is 0. The zero-order valence-corrected chi connectivity index (χ0v) is 14.6. The molecule has 124 valence electrons. The second-order valence-electron chi connectivity index (χ2n) is 6.91. The van der Waals surface area contributed by atoms with Gasteiger partial charge < -0.3 is 0 Å². The summed E-state index contributed by atoms with van der Waals surface area (Å²) in [6.45, 7) is 2.05. The van der Waals surface area contributed by atoms with Gasteiger partial charge in [0.2, 0.25) is 0 Å². The van der Waals surface area contributed by atoms with Crippen molar-refractivity contribution in [2.75, 3.05) is 0 Å². The fourth-order valence-corrected chi connectivity index (χ4v) is 3.65. The van der Waals surface area contributed by atoms with Crippen molar-refractivity contribution in [1.82, 2.24) is 0 Å². The summed E-state index contributed by atoms with van der Waals surface area (Å²) in [5.41, 5.74) is 6.46. The second-order valence-corrected chi connectivity index (χ2v) is 6.91. The van der Waals surface area contributed by atoms with Crippen molar-refractivity contribution in [2.24, 2.45) is 0 Å². The number of ketones is 1. The van der Waals surface area contributed by atoms with E-state index in [2.05, 4.69) is 73.7 Å². The highest BCUT2D eigenvalue weighted by Gasteiger charge is 2.15. The van der Waals surface area contributed by atoms with Gasteiger partial charge in [-0.2, -0.15) is 0 Å². The van der Waals surface area contributed by atoms with Crippen LogP contribution in [0.4, 0.5) is 0 Å². The van der Waals surface area contributed by atoms with Crippen LogP contribution in [0, 0.1) is 0 Å². The first-order valence-electron chi connectivity index (χ1n) is 9.06. The van der Waals surface area contributed by atoms with Crippen LogP contribution in [0.2, 0.25) is 0 Å². The van der Waals surface area contributed by atoms with Crippen molar-refractivity contribution >= 4 is 28.2 Å². The van der Waals surface area contributed by atoms with Crippen molar-refractivity contribution in [3.05, 3.63) is 82.9 Å². The lowest BCUT2D eigenvalue weighted by Crippen LogP contribution is -2.01. The summed E-state index contributed by atoms with van der Waals surface area (Å²) < 4.78 is 0. The number of carbonyl (C=O) groups excluding carboxylic acids is 1. The van der Waals surface area contributed by atoms with Crippen LogP contribution in [-0.2, 0) is 17.6 Å². The van der Waals surface area contributed by atoms with Gasteiger partial charge in [0, 0.05) is 12.8 Å². The molecule has 0 unspecified atom stereocenters. The second kappa shape index (κ2) is 6.68. The zero-order valence-electron chi connectivity index (χ0n) is 14.6. The molecule has 0 saturated carbocycles. The van der Waals surface area contributed by atoms with E-state index in [9.17, 15) is 4.79 Å². The maximum Gasteiger partial charge on any atom is 0.137 e. The van der Waals surface area contributed by atoms with Gasteiger partial charge in [-0.1, -0.05) is 67.6 Å². The van der Waals surface area contributed by atoms with Crippen LogP contribution in [0.3, 0.4) is 0 Å². The lowest BCUT2D eigenvalue weighted by Gasteiger charge is -2.05. The Morgan fingerprint density at radius 3 is 2.40 bits per heavy atom. The molecule has 0 bridgehead atoms. The molecule has 0 atom stereocenters. The SMILES string of the molecule is CCCC(=O)Cc1ccc(C2=Cc3cc4ccccc4cc3C2)cc1. The minimum Gasteiger partial charge on any atom is -0.299 e. The van der Waals surface area contributed by atoms with Crippen molar-refractivity contribution < 1.29 is 4.79 Å². The maximum atomic E-state index is 11.8.